The smallest absolute Gasteiger partial charge is 0.258 e. The van der Waals surface area contributed by atoms with Crippen molar-refractivity contribution >= 4 is 23.1 Å². The second kappa shape index (κ2) is 5.57. The third-order valence-electron chi connectivity index (χ3n) is 3.11. The average Bonchev–Trinajstić information content (AvgIpc) is 2.46. The van der Waals surface area contributed by atoms with Crippen LogP contribution in [0.3, 0.4) is 0 Å². The average molecular weight is 268 g/mol. The molecule has 102 valence electrons. The predicted octanol–water partition coefficient (Wildman–Crippen LogP) is 2.75. The SMILES string of the molecule is CC(=O)c1ccccc1N(C)C(=O)c1ccc(N)cc1. The first-order chi connectivity index (χ1) is 9.50. The Morgan fingerprint density at radius 3 is 2.20 bits per heavy atom. The number of carbonyl (C=O) groups excluding carboxylic acids is 2. The first kappa shape index (κ1) is 13.8. The Hall–Kier alpha value is -2.62. The van der Waals surface area contributed by atoms with Crippen LogP contribution in [-0.2, 0) is 0 Å². The van der Waals surface area contributed by atoms with Crippen LogP contribution in [0.2, 0.25) is 0 Å². The number of amides is 1. The van der Waals surface area contributed by atoms with Gasteiger partial charge in [0, 0.05) is 23.9 Å². The van der Waals surface area contributed by atoms with E-state index >= 15 is 0 Å². The molecule has 1 amide bonds. The van der Waals surface area contributed by atoms with Gasteiger partial charge in [0.2, 0.25) is 0 Å². The monoisotopic (exact) mass is 268 g/mol. The van der Waals surface area contributed by atoms with Crippen molar-refractivity contribution in [2.75, 3.05) is 17.7 Å². The minimum atomic E-state index is -0.182. The highest BCUT2D eigenvalue weighted by Crippen LogP contribution is 2.21. The van der Waals surface area contributed by atoms with Crippen LogP contribution in [0.25, 0.3) is 0 Å². The van der Waals surface area contributed by atoms with Crippen LogP contribution in [0.1, 0.15) is 27.6 Å². The number of carbonyl (C=O) groups is 2. The molecule has 2 N–H and O–H groups in total. The molecule has 20 heavy (non-hydrogen) atoms. The molecule has 2 aromatic rings. The fourth-order valence-corrected chi connectivity index (χ4v) is 1.99. The second-order valence-corrected chi connectivity index (χ2v) is 4.56. The summed E-state index contributed by atoms with van der Waals surface area (Å²) in [5.41, 5.74) is 7.87. The molecule has 0 atom stereocenters. The van der Waals surface area contributed by atoms with Crippen LogP contribution in [0.5, 0.6) is 0 Å². The van der Waals surface area contributed by atoms with Gasteiger partial charge in [-0.05, 0) is 43.3 Å². The van der Waals surface area contributed by atoms with Crippen molar-refractivity contribution in [3.8, 4) is 0 Å². The summed E-state index contributed by atoms with van der Waals surface area (Å²) in [6.45, 7) is 1.49. The minimum Gasteiger partial charge on any atom is -0.399 e. The van der Waals surface area contributed by atoms with Gasteiger partial charge in [0.05, 0.1) is 5.69 Å². The van der Waals surface area contributed by atoms with Crippen LogP contribution >= 0.6 is 0 Å². The van der Waals surface area contributed by atoms with Crippen LogP contribution in [0.4, 0.5) is 11.4 Å². The number of hydrogen-bond acceptors (Lipinski definition) is 3. The number of nitrogen functional groups attached to an aromatic ring is 1. The van der Waals surface area contributed by atoms with E-state index in [-0.39, 0.29) is 11.7 Å². The number of benzene rings is 2. The number of para-hydroxylation sites is 1. The van der Waals surface area contributed by atoms with E-state index in [2.05, 4.69) is 0 Å². The largest absolute Gasteiger partial charge is 0.399 e. The summed E-state index contributed by atoms with van der Waals surface area (Å²) in [7, 11) is 1.65. The summed E-state index contributed by atoms with van der Waals surface area (Å²) in [5.74, 6) is -0.253. The number of nitrogens with zero attached hydrogens (tertiary/aromatic N) is 1. The third-order valence-corrected chi connectivity index (χ3v) is 3.11. The Morgan fingerprint density at radius 1 is 1.00 bits per heavy atom. The molecule has 4 nitrogen and oxygen atoms in total. The number of ketones is 1. The van der Waals surface area contributed by atoms with Crippen LogP contribution < -0.4 is 10.6 Å². The van der Waals surface area contributed by atoms with Gasteiger partial charge in [0.15, 0.2) is 5.78 Å². The van der Waals surface area contributed by atoms with Crippen molar-refractivity contribution in [1.82, 2.24) is 0 Å². The number of anilines is 2. The molecule has 2 aromatic carbocycles. The van der Waals surface area contributed by atoms with Gasteiger partial charge in [-0.3, -0.25) is 9.59 Å². The Kier molecular flexibility index (Phi) is 3.84. The van der Waals surface area contributed by atoms with Gasteiger partial charge in [-0.15, -0.1) is 0 Å². The fraction of sp³-hybridized carbons (Fsp3) is 0.125. The molecule has 0 radical (unpaired) electrons. The molecule has 0 aliphatic heterocycles. The molecule has 0 saturated heterocycles. The lowest BCUT2D eigenvalue weighted by Crippen LogP contribution is -2.27. The maximum atomic E-state index is 12.4. The van der Waals surface area contributed by atoms with Crippen LogP contribution in [0.15, 0.2) is 48.5 Å². The number of Topliss-reactive ketones (excluding diaryl/α,β-unsaturated/α-hetero) is 1. The summed E-state index contributed by atoms with van der Waals surface area (Å²) >= 11 is 0. The Morgan fingerprint density at radius 2 is 1.60 bits per heavy atom. The molecule has 0 aliphatic rings. The molecule has 0 unspecified atom stereocenters. The lowest BCUT2D eigenvalue weighted by Gasteiger charge is -2.20. The lowest BCUT2D eigenvalue weighted by atomic mass is 10.1. The van der Waals surface area contributed by atoms with Crippen LogP contribution in [0, 0.1) is 0 Å². The van der Waals surface area contributed by atoms with Gasteiger partial charge in [-0.25, -0.2) is 0 Å². The Balaban J connectivity index is 2.36. The van der Waals surface area contributed by atoms with Crippen molar-refractivity contribution < 1.29 is 9.59 Å². The van der Waals surface area contributed by atoms with Gasteiger partial charge in [0.1, 0.15) is 0 Å². The molecule has 0 heterocycles. The summed E-state index contributed by atoms with van der Waals surface area (Å²) < 4.78 is 0. The zero-order chi connectivity index (χ0) is 14.7. The molecular formula is C16H16N2O2. The van der Waals surface area contributed by atoms with Gasteiger partial charge < -0.3 is 10.6 Å². The second-order valence-electron chi connectivity index (χ2n) is 4.56. The van der Waals surface area contributed by atoms with Gasteiger partial charge in [-0.1, -0.05) is 12.1 Å². The number of rotatable bonds is 3. The zero-order valence-electron chi connectivity index (χ0n) is 11.5. The predicted molar refractivity (Wildman–Crippen MR) is 80.0 cm³/mol. The minimum absolute atomic E-state index is 0.0717. The quantitative estimate of drug-likeness (QED) is 0.687. The van der Waals surface area contributed by atoms with Crippen LogP contribution in [-0.4, -0.2) is 18.7 Å². The first-order valence-electron chi connectivity index (χ1n) is 6.24. The maximum absolute atomic E-state index is 12.4. The molecule has 0 aromatic heterocycles. The van der Waals surface area contributed by atoms with Crippen molar-refractivity contribution in [2.45, 2.75) is 6.92 Å². The third kappa shape index (κ3) is 2.69. The molecule has 0 aliphatic carbocycles. The molecule has 0 saturated carbocycles. The lowest BCUT2D eigenvalue weighted by molar-refractivity contribution is 0.0993. The molecule has 0 fully saturated rings. The number of nitrogens with two attached hydrogens (primary N) is 1. The highest BCUT2D eigenvalue weighted by Gasteiger charge is 2.17. The summed E-state index contributed by atoms with van der Waals surface area (Å²) in [4.78, 5) is 25.5. The molecule has 2 rings (SSSR count). The topological polar surface area (TPSA) is 63.4 Å². The van der Waals surface area contributed by atoms with E-state index in [1.165, 1.54) is 11.8 Å². The van der Waals surface area contributed by atoms with E-state index < -0.39 is 0 Å². The Labute approximate surface area is 117 Å². The van der Waals surface area contributed by atoms with Crippen molar-refractivity contribution in [3.05, 3.63) is 59.7 Å². The van der Waals surface area contributed by atoms with Gasteiger partial charge in [-0.2, -0.15) is 0 Å². The maximum Gasteiger partial charge on any atom is 0.258 e. The first-order valence-corrected chi connectivity index (χ1v) is 6.24. The molecule has 0 bridgehead atoms. The molecule has 4 heteroatoms. The summed E-state index contributed by atoms with van der Waals surface area (Å²) in [6.07, 6.45) is 0. The van der Waals surface area contributed by atoms with E-state index in [0.717, 1.165) is 0 Å². The van der Waals surface area contributed by atoms with Crippen molar-refractivity contribution in [2.24, 2.45) is 0 Å². The Bertz CT molecular complexity index is 648. The number of hydrogen-bond donors (Lipinski definition) is 1. The van der Waals surface area contributed by atoms with E-state index in [0.29, 0.717) is 22.5 Å². The van der Waals surface area contributed by atoms with E-state index in [4.69, 9.17) is 5.73 Å². The fourth-order valence-electron chi connectivity index (χ4n) is 1.99. The van der Waals surface area contributed by atoms with Gasteiger partial charge in [0.25, 0.3) is 5.91 Å². The zero-order valence-corrected chi connectivity index (χ0v) is 11.5. The summed E-state index contributed by atoms with van der Waals surface area (Å²) in [5, 5.41) is 0. The van der Waals surface area contributed by atoms with Gasteiger partial charge >= 0.3 is 0 Å². The standard InChI is InChI=1S/C16H16N2O2/c1-11(19)14-5-3-4-6-15(14)18(2)16(20)12-7-9-13(17)10-8-12/h3-10H,17H2,1-2H3. The highest BCUT2D eigenvalue weighted by molar-refractivity contribution is 6.10. The van der Waals surface area contributed by atoms with Crippen molar-refractivity contribution in [3.63, 3.8) is 0 Å². The normalized spacial score (nSPS) is 10.1. The van der Waals surface area contributed by atoms with E-state index in [9.17, 15) is 9.59 Å². The molecular weight excluding hydrogens is 252 g/mol. The van der Waals surface area contributed by atoms with Crippen molar-refractivity contribution in [1.29, 1.82) is 0 Å². The van der Waals surface area contributed by atoms with E-state index in [1.54, 1.807) is 55.6 Å². The highest BCUT2D eigenvalue weighted by atomic mass is 16.2. The van der Waals surface area contributed by atoms with E-state index in [1.807, 2.05) is 0 Å². The summed E-state index contributed by atoms with van der Waals surface area (Å²) in [6, 6.07) is 13.7. The molecule has 0 spiro atoms.